The Morgan fingerprint density at radius 2 is 2.21 bits per heavy atom. The Morgan fingerprint density at radius 1 is 1.47 bits per heavy atom. The number of ether oxygens (including phenoxy) is 1. The monoisotopic (exact) mass is 282 g/mol. The highest BCUT2D eigenvalue weighted by Crippen LogP contribution is 2.28. The normalized spacial score (nSPS) is 16.1. The smallest absolute Gasteiger partial charge is 0.224 e. The quantitative estimate of drug-likeness (QED) is 0.893. The van der Waals surface area contributed by atoms with E-state index in [0.717, 1.165) is 25.9 Å². The maximum absolute atomic E-state index is 12.0. The van der Waals surface area contributed by atoms with E-state index in [-0.39, 0.29) is 5.91 Å². The number of piperidine rings is 1. The van der Waals surface area contributed by atoms with E-state index in [1.54, 1.807) is 25.3 Å². The van der Waals surface area contributed by atoms with Gasteiger partial charge < -0.3 is 15.4 Å². The molecular formula is C14H19ClN2O2. The minimum Gasteiger partial charge on any atom is -0.495 e. The molecule has 5 heteroatoms. The summed E-state index contributed by atoms with van der Waals surface area (Å²) in [5, 5.41) is 6.76. The van der Waals surface area contributed by atoms with Crippen LogP contribution in [0.2, 0.25) is 5.02 Å². The van der Waals surface area contributed by atoms with Crippen LogP contribution in [-0.4, -0.2) is 26.1 Å². The van der Waals surface area contributed by atoms with Gasteiger partial charge in [-0.2, -0.15) is 0 Å². The fourth-order valence-corrected chi connectivity index (χ4v) is 2.50. The summed E-state index contributed by atoms with van der Waals surface area (Å²) in [6.45, 7) is 2.00. The van der Waals surface area contributed by atoms with E-state index in [4.69, 9.17) is 16.3 Å². The molecule has 2 rings (SSSR count). The number of hydrogen-bond acceptors (Lipinski definition) is 3. The molecule has 0 radical (unpaired) electrons. The first-order chi connectivity index (χ1) is 9.19. The van der Waals surface area contributed by atoms with E-state index < -0.39 is 0 Å². The van der Waals surface area contributed by atoms with E-state index in [2.05, 4.69) is 10.6 Å². The van der Waals surface area contributed by atoms with Crippen molar-refractivity contribution in [3.8, 4) is 5.75 Å². The second-order valence-electron chi connectivity index (χ2n) is 4.79. The van der Waals surface area contributed by atoms with Crippen LogP contribution in [0.4, 0.5) is 5.69 Å². The van der Waals surface area contributed by atoms with Crippen molar-refractivity contribution >= 4 is 23.2 Å². The van der Waals surface area contributed by atoms with Gasteiger partial charge in [-0.25, -0.2) is 0 Å². The SMILES string of the molecule is COc1ccc(Cl)cc1NC(=O)CC1CCNCC1. The molecule has 104 valence electrons. The minimum absolute atomic E-state index is 0.0208. The highest BCUT2D eigenvalue weighted by molar-refractivity contribution is 6.31. The molecule has 1 saturated heterocycles. The predicted octanol–water partition coefficient (Wildman–Crippen LogP) is 2.68. The molecule has 0 atom stereocenters. The van der Waals surface area contributed by atoms with Crippen molar-refractivity contribution in [1.82, 2.24) is 5.32 Å². The van der Waals surface area contributed by atoms with E-state index in [0.29, 0.717) is 28.8 Å². The molecule has 1 fully saturated rings. The van der Waals surface area contributed by atoms with Gasteiger partial charge in [0.05, 0.1) is 12.8 Å². The summed E-state index contributed by atoms with van der Waals surface area (Å²) in [5.41, 5.74) is 0.633. The summed E-state index contributed by atoms with van der Waals surface area (Å²) in [6, 6.07) is 5.20. The van der Waals surface area contributed by atoms with Gasteiger partial charge in [-0.3, -0.25) is 4.79 Å². The lowest BCUT2D eigenvalue weighted by atomic mass is 9.94. The second kappa shape index (κ2) is 6.78. The molecule has 1 aliphatic rings. The molecule has 1 heterocycles. The zero-order valence-electron chi connectivity index (χ0n) is 11.0. The van der Waals surface area contributed by atoms with Crippen molar-refractivity contribution in [1.29, 1.82) is 0 Å². The summed E-state index contributed by atoms with van der Waals surface area (Å²) in [6.07, 6.45) is 2.66. The van der Waals surface area contributed by atoms with E-state index >= 15 is 0 Å². The van der Waals surface area contributed by atoms with Gasteiger partial charge in [-0.05, 0) is 50.0 Å². The molecule has 1 aromatic carbocycles. The molecule has 4 nitrogen and oxygen atoms in total. The average Bonchev–Trinajstić information content (AvgIpc) is 2.40. The number of methoxy groups -OCH3 is 1. The molecule has 2 N–H and O–H groups in total. The molecule has 1 amide bonds. The van der Waals surface area contributed by atoms with Crippen molar-refractivity contribution < 1.29 is 9.53 Å². The first kappa shape index (κ1) is 14.2. The first-order valence-electron chi connectivity index (χ1n) is 6.53. The van der Waals surface area contributed by atoms with Crippen molar-refractivity contribution in [3.63, 3.8) is 0 Å². The minimum atomic E-state index is 0.0208. The van der Waals surface area contributed by atoms with Gasteiger partial charge in [0.15, 0.2) is 0 Å². The van der Waals surface area contributed by atoms with Crippen molar-refractivity contribution in [2.75, 3.05) is 25.5 Å². The molecule has 0 aliphatic carbocycles. The Balaban J connectivity index is 1.95. The lowest BCUT2D eigenvalue weighted by Gasteiger charge is -2.22. The maximum atomic E-state index is 12.0. The van der Waals surface area contributed by atoms with Crippen LogP contribution < -0.4 is 15.4 Å². The van der Waals surface area contributed by atoms with E-state index in [1.807, 2.05) is 0 Å². The average molecular weight is 283 g/mol. The number of hydrogen-bond donors (Lipinski definition) is 2. The molecular weight excluding hydrogens is 264 g/mol. The predicted molar refractivity (Wildman–Crippen MR) is 76.8 cm³/mol. The Hall–Kier alpha value is -1.26. The molecule has 0 spiro atoms. The van der Waals surface area contributed by atoms with Gasteiger partial charge in [0, 0.05) is 11.4 Å². The molecule has 1 aliphatic heterocycles. The van der Waals surface area contributed by atoms with Crippen LogP contribution in [0.1, 0.15) is 19.3 Å². The number of rotatable bonds is 4. The van der Waals surface area contributed by atoms with Crippen molar-refractivity contribution in [3.05, 3.63) is 23.2 Å². The lowest BCUT2D eigenvalue weighted by molar-refractivity contribution is -0.117. The van der Waals surface area contributed by atoms with Gasteiger partial charge in [-0.1, -0.05) is 11.6 Å². The summed E-state index contributed by atoms with van der Waals surface area (Å²) < 4.78 is 5.21. The maximum Gasteiger partial charge on any atom is 0.224 e. The Bertz CT molecular complexity index is 445. The summed E-state index contributed by atoms with van der Waals surface area (Å²) in [7, 11) is 1.58. The molecule has 0 unspecified atom stereocenters. The highest BCUT2D eigenvalue weighted by Gasteiger charge is 2.17. The number of anilines is 1. The van der Waals surface area contributed by atoms with Crippen LogP contribution in [0.15, 0.2) is 18.2 Å². The van der Waals surface area contributed by atoms with E-state index in [1.165, 1.54) is 0 Å². The number of halogens is 1. The van der Waals surface area contributed by atoms with E-state index in [9.17, 15) is 4.79 Å². The highest BCUT2D eigenvalue weighted by atomic mass is 35.5. The van der Waals surface area contributed by atoms with Gasteiger partial charge in [0.2, 0.25) is 5.91 Å². The van der Waals surface area contributed by atoms with Gasteiger partial charge in [0.25, 0.3) is 0 Å². The zero-order chi connectivity index (χ0) is 13.7. The number of carbonyl (C=O) groups is 1. The third-order valence-corrected chi connectivity index (χ3v) is 3.60. The molecule has 0 saturated carbocycles. The number of benzene rings is 1. The Labute approximate surface area is 118 Å². The third kappa shape index (κ3) is 4.11. The van der Waals surface area contributed by atoms with Crippen LogP contribution in [0.5, 0.6) is 5.75 Å². The standard InChI is InChI=1S/C14H19ClN2O2/c1-19-13-3-2-11(15)9-12(13)17-14(18)8-10-4-6-16-7-5-10/h2-3,9-10,16H,4-8H2,1H3,(H,17,18). The summed E-state index contributed by atoms with van der Waals surface area (Å²) in [4.78, 5) is 12.0. The van der Waals surface area contributed by atoms with Crippen LogP contribution in [0.25, 0.3) is 0 Å². The summed E-state index contributed by atoms with van der Waals surface area (Å²) in [5.74, 6) is 1.11. The Morgan fingerprint density at radius 3 is 2.89 bits per heavy atom. The topological polar surface area (TPSA) is 50.4 Å². The van der Waals surface area contributed by atoms with Crippen LogP contribution in [-0.2, 0) is 4.79 Å². The zero-order valence-corrected chi connectivity index (χ0v) is 11.8. The first-order valence-corrected chi connectivity index (χ1v) is 6.91. The lowest BCUT2D eigenvalue weighted by Crippen LogP contribution is -2.30. The number of carbonyl (C=O) groups excluding carboxylic acids is 1. The van der Waals surface area contributed by atoms with Crippen molar-refractivity contribution in [2.45, 2.75) is 19.3 Å². The largest absolute Gasteiger partial charge is 0.495 e. The van der Waals surface area contributed by atoms with Crippen LogP contribution in [0, 0.1) is 5.92 Å². The Kier molecular flexibility index (Phi) is 5.05. The third-order valence-electron chi connectivity index (χ3n) is 3.37. The van der Waals surface area contributed by atoms with Gasteiger partial charge in [-0.15, -0.1) is 0 Å². The fourth-order valence-electron chi connectivity index (χ4n) is 2.33. The van der Waals surface area contributed by atoms with Crippen LogP contribution >= 0.6 is 11.6 Å². The number of amides is 1. The molecule has 0 bridgehead atoms. The van der Waals surface area contributed by atoms with Crippen molar-refractivity contribution in [2.24, 2.45) is 5.92 Å². The van der Waals surface area contributed by atoms with Gasteiger partial charge in [0.1, 0.15) is 5.75 Å². The van der Waals surface area contributed by atoms with Gasteiger partial charge >= 0.3 is 0 Å². The summed E-state index contributed by atoms with van der Waals surface area (Å²) >= 11 is 5.93. The fraction of sp³-hybridized carbons (Fsp3) is 0.500. The second-order valence-corrected chi connectivity index (χ2v) is 5.23. The van der Waals surface area contributed by atoms with Crippen LogP contribution in [0.3, 0.4) is 0 Å². The molecule has 19 heavy (non-hydrogen) atoms. The molecule has 0 aromatic heterocycles. The molecule has 1 aromatic rings. The number of nitrogens with one attached hydrogen (secondary N) is 2.